The number of hydrogen-bond acceptors (Lipinski definition) is 0. The van der Waals surface area contributed by atoms with Gasteiger partial charge in [0.2, 0.25) is 0 Å². The average molecular weight is 951 g/mol. The van der Waals surface area contributed by atoms with Gasteiger partial charge in [-0.05, 0) is 193 Å². The molecular formula is C74H62. The molecule has 0 unspecified atom stereocenters. The molecule has 74 heavy (non-hydrogen) atoms. The topological polar surface area (TPSA) is 0 Å². The van der Waals surface area contributed by atoms with Gasteiger partial charge in [-0.3, -0.25) is 0 Å². The minimum Gasteiger partial charge on any atom is -0.0991 e. The second-order valence-electron chi connectivity index (χ2n) is 19.8. The lowest BCUT2D eigenvalue weighted by Gasteiger charge is -2.10. The number of fused-ring (bicyclic) bond motifs is 6. The summed E-state index contributed by atoms with van der Waals surface area (Å²) in [5, 5.41) is 15.4. The van der Waals surface area contributed by atoms with Crippen molar-refractivity contribution in [2.45, 2.75) is 41.0 Å². The van der Waals surface area contributed by atoms with Gasteiger partial charge in [-0.15, -0.1) is 0 Å². The molecule has 358 valence electrons. The Morgan fingerprint density at radius 3 is 1.09 bits per heavy atom. The maximum absolute atomic E-state index is 3.73. The van der Waals surface area contributed by atoms with Crippen LogP contribution in [-0.4, -0.2) is 0 Å². The first-order chi connectivity index (χ1) is 36.1. The summed E-state index contributed by atoms with van der Waals surface area (Å²) in [4.78, 5) is 0. The van der Waals surface area contributed by atoms with Crippen LogP contribution < -0.4 is 0 Å². The molecule has 0 aliphatic carbocycles. The molecule has 0 amide bonds. The first kappa shape index (κ1) is 48.8. The summed E-state index contributed by atoms with van der Waals surface area (Å²) in [5.74, 6) is 0. The fourth-order valence-electron chi connectivity index (χ4n) is 10.00. The standard InChI is InChI=1S/C42H30.C17H18.C15H14/c1-27-3-5-31-21-33(9-7-29(31)19-27)35-11-13-39-25-41(17-15-37(39)23-35)42-18-16-38-24-36(12-14-40(38)26-42)34-10-8-30-20-28(2)4-6-32(30)22-34;1-4-5-13(2)10-15-7-9-16-11-14(3)6-8-17(16)12-15;1-2-3-4-7-13-10-11-14-8-5-6-9-15(14)12-13/h3-26H,1-2H3;4-9,11-12H,1,10H2,2-3H3;2-12H,1H3/b;13-5+;3-2+,7-4+. The Hall–Kier alpha value is -8.84. The van der Waals surface area contributed by atoms with Crippen LogP contribution in [0.4, 0.5) is 0 Å². The number of benzene rings is 12. The zero-order chi connectivity index (χ0) is 51.0. The summed E-state index contributed by atoms with van der Waals surface area (Å²) in [5.41, 5.74) is 15.3. The Bertz CT molecular complexity index is 3950. The summed E-state index contributed by atoms with van der Waals surface area (Å²) in [6.45, 7) is 14.3. The summed E-state index contributed by atoms with van der Waals surface area (Å²) >= 11 is 0. The molecule has 0 aromatic heterocycles. The van der Waals surface area contributed by atoms with Crippen molar-refractivity contribution < 1.29 is 0 Å². The van der Waals surface area contributed by atoms with Crippen molar-refractivity contribution >= 4 is 70.7 Å². The second kappa shape index (κ2) is 22.3. The molecule has 0 bridgehead atoms. The maximum Gasteiger partial charge on any atom is -0.00665 e. The summed E-state index contributed by atoms with van der Waals surface area (Å²) in [7, 11) is 0. The van der Waals surface area contributed by atoms with Crippen LogP contribution in [0.1, 0.15) is 41.7 Å². The van der Waals surface area contributed by atoms with Crippen LogP contribution in [0.5, 0.6) is 0 Å². The first-order valence-corrected chi connectivity index (χ1v) is 25.8. The largest absolute Gasteiger partial charge is 0.0991 e. The Kier molecular flexibility index (Phi) is 14.7. The Labute approximate surface area is 437 Å². The molecule has 0 aliphatic heterocycles. The fourth-order valence-corrected chi connectivity index (χ4v) is 10.00. The SMILES string of the molecule is C/C=C/C=C/c1ccc2ccccc2c1.C=C/C=C(\C)Cc1ccc2cc(C)ccc2c1.Cc1ccc2cc(-c3ccc4cc(-c5ccc6cc(-c7ccc8cc(C)ccc8c7)ccc6c5)ccc4c3)ccc2c1. The van der Waals surface area contributed by atoms with Crippen LogP contribution in [0.25, 0.3) is 104 Å². The highest BCUT2D eigenvalue weighted by atomic mass is 14.1. The van der Waals surface area contributed by atoms with Crippen molar-refractivity contribution in [3.63, 3.8) is 0 Å². The van der Waals surface area contributed by atoms with Crippen LogP contribution in [-0.2, 0) is 6.42 Å². The van der Waals surface area contributed by atoms with Crippen LogP contribution in [0, 0.1) is 20.8 Å². The van der Waals surface area contributed by atoms with E-state index >= 15 is 0 Å². The molecule has 12 aromatic carbocycles. The van der Waals surface area contributed by atoms with Gasteiger partial charge < -0.3 is 0 Å². The molecule has 0 saturated carbocycles. The normalized spacial score (nSPS) is 11.7. The lowest BCUT2D eigenvalue weighted by Crippen LogP contribution is -1.87. The molecule has 0 spiro atoms. The van der Waals surface area contributed by atoms with Gasteiger partial charge in [0.1, 0.15) is 0 Å². The van der Waals surface area contributed by atoms with Gasteiger partial charge in [0.15, 0.2) is 0 Å². The molecule has 0 heterocycles. The maximum atomic E-state index is 3.73. The molecule has 0 fully saturated rings. The predicted octanol–water partition coefficient (Wildman–Crippen LogP) is 21.2. The lowest BCUT2D eigenvalue weighted by molar-refractivity contribution is 1.15. The highest BCUT2D eigenvalue weighted by Gasteiger charge is 2.08. The van der Waals surface area contributed by atoms with E-state index in [0.29, 0.717) is 0 Å². The zero-order valence-corrected chi connectivity index (χ0v) is 43.2. The molecular weight excluding hydrogens is 889 g/mol. The molecule has 0 atom stereocenters. The lowest BCUT2D eigenvalue weighted by atomic mass is 9.94. The molecule has 0 nitrogen and oxygen atoms in total. The molecule has 0 radical (unpaired) electrons. The molecule has 0 aliphatic rings. The van der Waals surface area contributed by atoms with E-state index in [-0.39, 0.29) is 0 Å². The van der Waals surface area contributed by atoms with E-state index in [1.165, 1.54) is 131 Å². The van der Waals surface area contributed by atoms with Crippen LogP contribution >= 0.6 is 0 Å². The average Bonchev–Trinajstić information content (AvgIpc) is 3.43. The van der Waals surface area contributed by atoms with Gasteiger partial charge in [-0.2, -0.15) is 0 Å². The zero-order valence-electron chi connectivity index (χ0n) is 43.2. The molecule has 0 saturated heterocycles. The summed E-state index contributed by atoms with van der Waals surface area (Å²) < 4.78 is 0. The van der Waals surface area contributed by atoms with Gasteiger partial charge in [-0.1, -0.05) is 247 Å². The number of hydrogen-bond donors (Lipinski definition) is 0. The van der Waals surface area contributed by atoms with Crippen LogP contribution in [0.2, 0.25) is 0 Å². The van der Waals surface area contributed by atoms with E-state index in [0.717, 1.165) is 6.42 Å². The fraction of sp³-hybridized carbons (Fsp3) is 0.0811. The van der Waals surface area contributed by atoms with E-state index < -0.39 is 0 Å². The van der Waals surface area contributed by atoms with Crippen molar-refractivity contribution in [1.82, 2.24) is 0 Å². The van der Waals surface area contributed by atoms with Crippen molar-refractivity contribution in [2.24, 2.45) is 0 Å². The van der Waals surface area contributed by atoms with Gasteiger partial charge in [-0.25, -0.2) is 0 Å². The van der Waals surface area contributed by atoms with Crippen molar-refractivity contribution in [3.8, 4) is 33.4 Å². The number of aryl methyl sites for hydroxylation is 3. The molecule has 12 aromatic rings. The number of allylic oxidation sites excluding steroid dienone is 6. The molecule has 0 N–H and O–H groups in total. The van der Waals surface area contributed by atoms with E-state index in [2.05, 4.69) is 277 Å². The van der Waals surface area contributed by atoms with Crippen molar-refractivity contribution in [3.05, 3.63) is 295 Å². The number of rotatable bonds is 8. The Morgan fingerprint density at radius 1 is 0.351 bits per heavy atom. The van der Waals surface area contributed by atoms with Crippen LogP contribution in [0.15, 0.2) is 267 Å². The predicted molar refractivity (Wildman–Crippen MR) is 326 cm³/mol. The molecule has 0 heteroatoms. The smallest absolute Gasteiger partial charge is 0.00665 e. The third kappa shape index (κ3) is 11.6. The monoisotopic (exact) mass is 950 g/mol. The van der Waals surface area contributed by atoms with Gasteiger partial charge >= 0.3 is 0 Å². The first-order valence-electron chi connectivity index (χ1n) is 25.8. The highest BCUT2D eigenvalue weighted by molar-refractivity contribution is 5.97. The summed E-state index contributed by atoms with van der Waals surface area (Å²) in [6.07, 6.45) is 13.2. The van der Waals surface area contributed by atoms with Gasteiger partial charge in [0.25, 0.3) is 0 Å². The minimum atomic E-state index is 0.996. The minimum absolute atomic E-state index is 0.996. The van der Waals surface area contributed by atoms with Gasteiger partial charge in [0, 0.05) is 0 Å². The quantitative estimate of drug-likeness (QED) is 0.133. The van der Waals surface area contributed by atoms with E-state index in [1.54, 1.807) is 0 Å². The molecule has 12 rings (SSSR count). The third-order valence-electron chi connectivity index (χ3n) is 14.0. The van der Waals surface area contributed by atoms with E-state index in [1.807, 2.05) is 25.2 Å². The van der Waals surface area contributed by atoms with E-state index in [4.69, 9.17) is 0 Å². The van der Waals surface area contributed by atoms with Crippen molar-refractivity contribution in [1.29, 1.82) is 0 Å². The third-order valence-corrected chi connectivity index (χ3v) is 14.0. The summed E-state index contributed by atoms with van der Waals surface area (Å²) in [6, 6.07) is 82.3. The van der Waals surface area contributed by atoms with Crippen LogP contribution in [0.3, 0.4) is 0 Å². The van der Waals surface area contributed by atoms with Gasteiger partial charge in [0.05, 0.1) is 0 Å². The van der Waals surface area contributed by atoms with E-state index in [9.17, 15) is 0 Å². The van der Waals surface area contributed by atoms with Crippen molar-refractivity contribution in [2.75, 3.05) is 0 Å². The highest BCUT2D eigenvalue weighted by Crippen LogP contribution is 2.34. The Balaban J connectivity index is 0.000000160. The Morgan fingerprint density at radius 2 is 0.689 bits per heavy atom. The second-order valence-corrected chi connectivity index (χ2v) is 19.8.